The van der Waals surface area contributed by atoms with Gasteiger partial charge >= 0.3 is 5.97 Å². The average molecular weight is 280 g/mol. The predicted octanol–water partition coefficient (Wildman–Crippen LogP) is 2.52. The highest BCUT2D eigenvalue weighted by Crippen LogP contribution is 2.11. The molecule has 2 N–H and O–H groups in total. The Labute approximate surface area is 120 Å². The number of aromatic nitrogens is 1. The Hall–Kier alpha value is -1.78. The van der Waals surface area contributed by atoms with E-state index in [2.05, 4.69) is 19.2 Å². The van der Waals surface area contributed by atoms with Gasteiger partial charge in [-0.25, -0.2) is 0 Å². The standard InChI is InChI=1S/C15H24N2O3/c1-3-5-7-12(4-2)10-16-15(20)13-8-6-9-17(13)11-14(18)19/h6,8-9,12H,3-5,7,10-11H2,1-2H3,(H,16,20)(H,18,19). The molecule has 0 bridgehead atoms. The van der Waals surface area contributed by atoms with Crippen molar-refractivity contribution in [1.82, 2.24) is 9.88 Å². The van der Waals surface area contributed by atoms with Crippen LogP contribution < -0.4 is 5.32 Å². The van der Waals surface area contributed by atoms with Gasteiger partial charge in [0.25, 0.3) is 5.91 Å². The van der Waals surface area contributed by atoms with E-state index in [1.165, 1.54) is 11.0 Å². The molecule has 0 aromatic carbocycles. The van der Waals surface area contributed by atoms with E-state index < -0.39 is 5.97 Å². The number of carbonyl (C=O) groups is 2. The van der Waals surface area contributed by atoms with Crippen LogP contribution in [-0.4, -0.2) is 28.1 Å². The number of unbranched alkanes of at least 4 members (excludes halogenated alkanes) is 1. The van der Waals surface area contributed by atoms with Crippen LogP contribution in [-0.2, 0) is 11.3 Å². The molecule has 1 heterocycles. The number of carboxylic acids is 1. The molecule has 0 fully saturated rings. The summed E-state index contributed by atoms with van der Waals surface area (Å²) in [5, 5.41) is 11.7. The number of carbonyl (C=O) groups excluding carboxylic acids is 1. The van der Waals surface area contributed by atoms with Crippen molar-refractivity contribution in [2.24, 2.45) is 5.92 Å². The summed E-state index contributed by atoms with van der Waals surface area (Å²) in [6.45, 7) is 4.74. The minimum absolute atomic E-state index is 0.192. The third-order valence-corrected chi connectivity index (χ3v) is 3.46. The largest absolute Gasteiger partial charge is 0.480 e. The number of aliphatic carboxylic acids is 1. The van der Waals surface area contributed by atoms with Gasteiger partial charge in [-0.05, 0) is 24.5 Å². The normalized spacial score (nSPS) is 12.1. The summed E-state index contributed by atoms with van der Waals surface area (Å²) in [6, 6.07) is 3.33. The zero-order valence-electron chi connectivity index (χ0n) is 12.3. The van der Waals surface area contributed by atoms with Crippen LogP contribution in [0.4, 0.5) is 0 Å². The van der Waals surface area contributed by atoms with E-state index in [1.807, 2.05) is 0 Å². The molecule has 5 nitrogen and oxygen atoms in total. The molecule has 0 saturated carbocycles. The van der Waals surface area contributed by atoms with Crippen LogP contribution in [0.15, 0.2) is 18.3 Å². The number of carboxylic acid groups (broad SMARTS) is 1. The van der Waals surface area contributed by atoms with Gasteiger partial charge in [-0.1, -0.05) is 33.1 Å². The summed E-state index contributed by atoms with van der Waals surface area (Å²) in [5.41, 5.74) is 0.401. The summed E-state index contributed by atoms with van der Waals surface area (Å²) in [5.74, 6) is -0.669. The fraction of sp³-hybridized carbons (Fsp3) is 0.600. The Morgan fingerprint density at radius 1 is 1.40 bits per heavy atom. The zero-order valence-corrected chi connectivity index (χ0v) is 12.3. The van der Waals surface area contributed by atoms with Crippen LogP contribution in [0.25, 0.3) is 0 Å². The number of amides is 1. The smallest absolute Gasteiger partial charge is 0.323 e. The van der Waals surface area contributed by atoms with Crippen molar-refractivity contribution in [3.8, 4) is 0 Å². The number of nitrogens with one attached hydrogen (secondary N) is 1. The first-order chi connectivity index (χ1) is 9.58. The SMILES string of the molecule is CCCCC(CC)CNC(=O)c1cccn1CC(=O)O. The minimum Gasteiger partial charge on any atom is -0.480 e. The van der Waals surface area contributed by atoms with Gasteiger partial charge in [0.1, 0.15) is 12.2 Å². The lowest BCUT2D eigenvalue weighted by molar-refractivity contribution is -0.137. The Morgan fingerprint density at radius 2 is 2.15 bits per heavy atom. The summed E-state index contributed by atoms with van der Waals surface area (Å²) >= 11 is 0. The van der Waals surface area contributed by atoms with Crippen molar-refractivity contribution in [1.29, 1.82) is 0 Å². The van der Waals surface area contributed by atoms with E-state index in [9.17, 15) is 9.59 Å². The highest BCUT2D eigenvalue weighted by atomic mass is 16.4. The van der Waals surface area contributed by atoms with Crippen molar-refractivity contribution in [3.63, 3.8) is 0 Å². The molecule has 20 heavy (non-hydrogen) atoms. The van der Waals surface area contributed by atoms with Gasteiger partial charge in [-0.2, -0.15) is 0 Å². The van der Waals surface area contributed by atoms with Crippen molar-refractivity contribution in [2.45, 2.75) is 46.1 Å². The summed E-state index contributed by atoms with van der Waals surface area (Å²) < 4.78 is 1.45. The van der Waals surface area contributed by atoms with Gasteiger partial charge in [0.2, 0.25) is 0 Å². The molecule has 1 amide bonds. The van der Waals surface area contributed by atoms with E-state index in [-0.39, 0.29) is 12.5 Å². The first kappa shape index (κ1) is 16.3. The van der Waals surface area contributed by atoms with Crippen LogP contribution >= 0.6 is 0 Å². The van der Waals surface area contributed by atoms with E-state index >= 15 is 0 Å². The molecule has 0 aliphatic heterocycles. The average Bonchev–Trinajstić information content (AvgIpc) is 2.86. The molecule has 1 aromatic heterocycles. The molecule has 5 heteroatoms. The van der Waals surface area contributed by atoms with E-state index in [4.69, 9.17) is 5.11 Å². The maximum Gasteiger partial charge on any atom is 0.323 e. The number of nitrogens with zero attached hydrogens (tertiary/aromatic N) is 1. The predicted molar refractivity (Wildman–Crippen MR) is 77.7 cm³/mol. The van der Waals surface area contributed by atoms with E-state index in [1.54, 1.807) is 18.3 Å². The second-order valence-corrected chi connectivity index (χ2v) is 5.04. The van der Waals surface area contributed by atoms with Crippen LogP contribution in [0.1, 0.15) is 50.0 Å². The lowest BCUT2D eigenvalue weighted by Gasteiger charge is -2.15. The number of hydrogen-bond donors (Lipinski definition) is 2. The Balaban J connectivity index is 2.53. The third kappa shape index (κ3) is 5.07. The molecule has 1 unspecified atom stereocenters. The topological polar surface area (TPSA) is 71.3 Å². The lowest BCUT2D eigenvalue weighted by atomic mass is 9.99. The van der Waals surface area contributed by atoms with Crippen LogP contribution in [0.5, 0.6) is 0 Å². The Bertz CT molecular complexity index is 440. The highest BCUT2D eigenvalue weighted by molar-refractivity contribution is 5.93. The first-order valence-corrected chi connectivity index (χ1v) is 7.23. The molecular formula is C15H24N2O3. The molecule has 1 rings (SSSR count). The molecule has 0 radical (unpaired) electrons. The summed E-state index contributed by atoms with van der Waals surface area (Å²) in [7, 11) is 0. The van der Waals surface area contributed by atoms with Crippen molar-refractivity contribution in [2.75, 3.05) is 6.54 Å². The van der Waals surface area contributed by atoms with Gasteiger partial charge < -0.3 is 15.0 Å². The van der Waals surface area contributed by atoms with Crippen LogP contribution in [0.3, 0.4) is 0 Å². The van der Waals surface area contributed by atoms with Gasteiger partial charge in [-0.3, -0.25) is 9.59 Å². The van der Waals surface area contributed by atoms with Gasteiger partial charge in [0, 0.05) is 12.7 Å². The maximum atomic E-state index is 12.1. The number of rotatable bonds is 9. The molecule has 0 aliphatic rings. The first-order valence-electron chi connectivity index (χ1n) is 7.23. The molecular weight excluding hydrogens is 256 g/mol. The summed E-state index contributed by atoms with van der Waals surface area (Å²) in [4.78, 5) is 22.8. The molecule has 1 aromatic rings. The molecule has 112 valence electrons. The number of hydrogen-bond acceptors (Lipinski definition) is 2. The Morgan fingerprint density at radius 3 is 2.75 bits per heavy atom. The van der Waals surface area contributed by atoms with Crippen molar-refractivity contribution < 1.29 is 14.7 Å². The van der Waals surface area contributed by atoms with Gasteiger partial charge in [-0.15, -0.1) is 0 Å². The maximum absolute atomic E-state index is 12.1. The molecule has 0 saturated heterocycles. The fourth-order valence-electron chi connectivity index (χ4n) is 2.17. The highest BCUT2D eigenvalue weighted by Gasteiger charge is 2.14. The Kier molecular flexibility index (Phi) is 6.84. The van der Waals surface area contributed by atoms with Crippen LogP contribution in [0.2, 0.25) is 0 Å². The van der Waals surface area contributed by atoms with Gasteiger partial charge in [0.15, 0.2) is 0 Å². The van der Waals surface area contributed by atoms with E-state index in [0.717, 1.165) is 19.3 Å². The molecule has 0 spiro atoms. The third-order valence-electron chi connectivity index (χ3n) is 3.46. The quantitative estimate of drug-likeness (QED) is 0.730. The zero-order chi connectivity index (χ0) is 15.0. The van der Waals surface area contributed by atoms with E-state index in [0.29, 0.717) is 18.2 Å². The fourth-order valence-corrected chi connectivity index (χ4v) is 2.17. The molecule has 0 aliphatic carbocycles. The van der Waals surface area contributed by atoms with Gasteiger partial charge in [0.05, 0.1) is 0 Å². The van der Waals surface area contributed by atoms with Crippen molar-refractivity contribution in [3.05, 3.63) is 24.0 Å². The minimum atomic E-state index is -0.954. The second kappa shape index (κ2) is 8.40. The summed E-state index contributed by atoms with van der Waals surface area (Å²) in [6.07, 6.45) is 6.09. The second-order valence-electron chi connectivity index (χ2n) is 5.04. The lowest BCUT2D eigenvalue weighted by Crippen LogP contribution is -2.31. The van der Waals surface area contributed by atoms with Crippen molar-refractivity contribution >= 4 is 11.9 Å². The van der Waals surface area contributed by atoms with Crippen LogP contribution in [0, 0.1) is 5.92 Å². The monoisotopic (exact) mass is 280 g/mol. The molecule has 1 atom stereocenters.